The topological polar surface area (TPSA) is 38.0 Å². The summed E-state index contributed by atoms with van der Waals surface area (Å²) in [4.78, 5) is 0. The number of nitrogens with one attached hydrogen (secondary N) is 1. The van der Waals surface area contributed by atoms with E-state index in [0.29, 0.717) is 18.2 Å². The summed E-state index contributed by atoms with van der Waals surface area (Å²) in [6, 6.07) is 6.87. The van der Waals surface area contributed by atoms with Crippen LogP contribution in [0.5, 0.6) is 0 Å². The van der Waals surface area contributed by atoms with E-state index in [4.69, 9.17) is 5.73 Å². The fraction of sp³-hybridized carbons (Fsp3) is 0.600. The SMILES string of the molecule is CCC1CCCCC1(CN)Nc1ccccc1F. The molecule has 0 amide bonds. The number of benzene rings is 1. The van der Waals surface area contributed by atoms with Gasteiger partial charge in [0.2, 0.25) is 0 Å². The van der Waals surface area contributed by atoms with E-state index in [1.54, 1.807) is 12.1 Å². The molecule has 0 heterocycles. The fourth-order valence-electron chi connectivity index (χ4n) is 3.22. The predicted octanol–water partition coefficient (Wildman–Crippen LogP) is 3.54. The lowest BCUT2D eigenvalue weighted by Crippen LogP contribution is -2.53. The van der Waals surface area contributed by atoms with Crippen molar-refractivity contribution in [1.29, 1.82) is 0 Å². The van der Waals surface area contributed by atoms with Gasteiger partial charge in [0, 0.05) is 6.54 Å². The Hall–Kier alpha value is -1.09. The number of hydrogen-bond donors (Lipinski definition) is 2. The summed E-state index contributed by atoms with van der Waals surface area (Å²) in [5, 5.41) is 3.41. The van der Waals surface area contributed by atoms with Gasteiger partial charge >= 0.3 is 0 Å². The van der Waals surface area contributed by atoms with Crippen LogP contribution in [0.3, 0.4) is 0 Å². The number of halogens is 1. The standard InChI is InChI=1S/C15H23FN2/c1-2-12-7-5-6-10-15(12,11-17)18-14-9-4-3-8-13(14)16/h3-4,8-9,12,18H,2,5-7,10-11,17H2,1H3. The molecule has 0 saturated heterocycles. The van der Waals surface area contributed by atoms with E-state index >= 15 is 0 Å². The van der Waals surface area contributed by atoms with E-state index in [1.807, 2.05) is 6.07 Å². The van der Waals surface area contributed by atoms with Crippen LogP contribution in [0.15, 0.2) is 24.3 Å². The fourth-order valence-corrected chi connectivity index (χ4v) is 3.22. The number of para-hydroxylation sites is 1. The zero-order valence-corrected chi connectivity index (χ0v) is 11.1. The zero-order chi connectivity index (χ0) is 13.0. The third-order valence-corrected chi connectivity index (χ3v) is 4.32. The van der Waals surface area contributed by atoms with Gasteiger partial charge in [-0.15, -0.1) is 0 Å². The normalized spacial score (nSPS) is 28.1. The van der Waals surface area contributed by atoms with Crippen LogP contribution in [0.25, 0.3) is 0 Å². The van der Waals surface area contributed by atoms with Crippen LogP contribution >= 0.6 is 0 Å². The zero-order valence-electron chi connectivity index (χ0n) is 11.1. The highest BCUT2D eigenvalue weighted by molar-refractivity contribution is 5.47. The first-order valence-electron chi connectivity index (χ1n) is 6.94. The molecule has 0 aliphatic heterocycles. The first-order valence-corrected chi connectivity index (χ1v) is 6.94. The lowest BCUT2D eigenvalue weighted by Gasteiger charge is -2.44. The van der Waals surface area contributed by atoms with Crippen LogP contribution in [0.1, 0.15) is 39.0 Å². The molecule has 1 saturated carbocycles. The van der Waals surface area contributed by atoms with E-state index in [-0.39, 0.29) is 11.4 Å². The summed E-state index contributed by atoms with van der Waals surface area (Å²) >= 11 is 0. The largest absolute Gasteiger partial charge is 0.376 e. The van der Waals surface area contributed by atoms with Crippen molar-refractivity contribution in [2.75, 3.05) is 11.9 Å². The molecule has 2 unspecified atom stereocenters. The van der Waals surface area contributed by atoms with Crippen molar-refractivity contribution < 1.29 is 4.39 Å². The molecule has 2 nitrogen and oxygen atoms in total. The third-order valence-electron chi connectivity index (χ3n) is 4.32. The van der Waals surface area contributed by atoms with Crippen molar-refractivity contribution >= 4 is 5.69 Å². The van der Waals surface area contributed by atoms with Crippen molar-refractivity contribution in [3.05, 3.63) is 30.1 Å². The average molecular weight is 250 g/mol. The third kappa shape index (κ3) is 2.51. The van der Waals surface area contributed by atoms with Crippen molar-refractivity contribution in [3.63, 3.8) is 0 Å². The summed E-state index contributed by atoms with van der Waals surface area (Å²) in [5.41, 5.74) is 6.47. The second-order valence-corrected chi connectivity index (χ2v) is 5.32. The van der Waals surface area contributed by atoms with Crippen LogP contribution in [0.2, 0.25) is 0 Å². The lowest BCUT2D eigenvalue weighted by atomic mass is 9.71. The molecule has 18 heavy (non-hydrogen) atoms. The maximum atomic E-state index is 13.8. The molecular weight excluding hydrogens is 227 g/mol. The van der Waals surface area contributed by atoms with E-state index in [1.165, 1.54) is 25.3 Å². The molecule has 0 aromatic heterocycles. The molecule has 3 heteroatoms. The summed E-state index contributed by atoms with van der Waals surface area (Å²) in [7, 11) is 0. The summed E-state index contributed by atoms with van der Waals surface area (Å²) in [6.07, 6.45) is 5.76. The van der Waals surface area contributed by atoms with Crippen molar-refractivity contribution in [2.45, 2.75) is 44.6 Å². The minimum Gasteiger partial charge on any atom is -0.376 e. The molecule has 1 aliphatic rings. The van der Waals surface area contributed by atoms with Crippen LogP contribution in [0.4, 0.5) is 10.1 Å². The first-order chi connectivity index (χ1) is 8.72. The van der Waals surface area contributed by atoms with Gasteiger partial charge in [-0.05, 0) is 30.9 Å². The van der Waals surface area contributed by atoms with Gasteiger partial charge in [-0.25, -0.2) is 4.39 Å². The van der Waals surface area contributed by atoms with E-state index < -0.39 is 0 Å². The number of rotatable bonds is 4. The van der Waals surface area contributed by atoms with E-state index in [2.05, 4.69) is 12.2 Å². The number of nitrogens with two attached hydrogens (primary N) is 1. The maximum absolute atomic E-state index is 13.8. The molecule has 3 N–H and O–H groups in total. The Balaban J connectivity index is 2.24. The van der Waals surface area contributed by atoms with Crippen LogP contribution < -0.4 is 11.1 Å². The molecule has 0 bridgehead atoms. The first kappa shape index (κ1) is 13.3. The van der Waals surface area contributed by atoms with Crippen LogP contribution in [0, 0.1) is 11.7 Å². The lowest BCUT2D eigenvalue weighted by molar-refractivity contribution is 0.211. The van der Waals surface area contributed by atoms with Crippen molar-refractivity contribution in [3.8, 4) is 0 Å². The Kier molecular flexibility index (Phi) is 4.23. The van der Waals surface area contributed by atoms with Gasteiger partial charge in [-0.3, -0.25) is 0 Å². The second kappa shape index (κ2) is 5.70. The molecule has 2 atom stereocenters. The Morgan fingerprint density at radius 1 is 1.39 bits per heavy atom. The smallest absolute Gasteiger partial charge is 0.146 e. The van der Waals surface area contributed by atoms with Crippen LogP contribution in [-0.2, 0) is 0 Å². The van der Waals surface area contributed by atoms with E-state index in [0.717, 1.165) is 12.8 Å². The monoisotopic (exact) mass is 250 g/mol. The van der Waals surface area contributed by atoms with Gasteiger partial charge in [-0.2, -0.15) is 0 Å². The minimum atomic E-state index is -0.189. The summed E-state index contributed by atoms with van der Waals surface area (Å²) in [6.45, 7) is 2.77. The summed E-state index contributed by atoms with van der Waals surface area (Å²) < 4.78 is 13.8. The van der Waals surface area contributed by atoms with Gasteiger partial charge in [-0.1, -0.05) is 38.3 Å². The predicted molar refractivity (Wildman–Crippen MR) is 74.1 cm³/mol. The average Bonchev–Trinajstić information content (AvgIpc) is 2.42. The van der Waals surface area contributed by atoms with Crippen molar-refractivity contribution in [1.82, 2.24) is 0 Å². The second-order valence-electron chi connectivity index (χ2n) is 5.32. The Morgan fingerprint density at radius 2 is 2.17 bits per heavy atom. The van der Waals surface area contributed by atoms with Gasteiger partial charge in [0.1, 0.15) is 5.82 Å². The quantitative estimate of drug-likeness (QED) is 0.857. The Labute approximate surface area is 109 Å². The van der Waals surface area contributed by atoms with Crippen LogP contribution in [-0.4, -0.2) is 12.1 Å². The molecule has 0 spiro atoms. The molecule has 1 aromatic rings. The molecule has 1 fully saturated rings. The Morgan fingerprint density at radius 3 is 2.83 bits per heavy atom. The van der Waals surface area contributed by atoms with Gasteiger partial charge in [0.05, 0.1) is 11.2 Å². The highest BCUT2D eigenvalue weighted by atomic mass is 19.1. The van der Waals surface area contributed by atoms with Gasteiger partial charge in [0.15, 0.2) is 0 Å². The molecule has 100 valence electrons. The molecular formula is C15H23FN2. The molecule has 2 rings (SSSR count). The maximum Gasteiger partial charge on any atom is 0.146 e. The van der Waals surface area contributed by atoms with E-state index in [9.17, 15) is 4.39 Å². The Bertz CT molecular complexity index is 394. The summed E-state index contributed by atoms with van der Waals surface area (Å²) in [5.74, 6) is 0.349. The van der Waals surface area contributed by atoms with Gasteiger partial charge < -0.3 is 11.1 Å². The molecule has 0 radical (unpaired) electrons. The highest BCUT2D eigenvalue weighted by Gasteiger charge is 2.38. The number of hydrogen-bond acceptors (Lipinski definition) is 2. The molecule has 1 aliphatic carbocycles. The van der Waals surface area contributed by atoms with Crippen molar-refractivity contribution in [2.24, 2.45) is 11.7 Å². The highest BCUT2D eigenvalue weighted by Crippen LogP contribution is 2.38. The molecule has 1 aromatic carbocycles. The minimum absolute atomic E-state index is 0.130. The number of anilines is 1. The van der Waals surface area contributed by atoms with Gasteiger partial charge in [0.25, 0.3) is 0 Å².